The van der Waals surface area contributed by atoms with E-state index in [4.69, 9.17) is 0 Å². The second-order valence-electron chi connectivity index (χ2n) is 6.90. The van der Waals surface area contributed by atoms with Crippen LogP contribution in [0.2, 0.25) is 0 Å². The summed E-state index contributed by atoms with van der Waals surface area (Å²) in [5.41, 5.74) is 1.01. The van der Waals surface area contributed by atoms with Crippen molar-refractivity contribution >= 4 is 23.2 Å². The number of rotatable bonds is 8. The highest BCUT2D eigenvalue weighted by Gasteiger charge is 2.40. The van der Waals surface area contributed by atoms with Crippen LogP contribution >= 0.6 is 11.3 Å². The summed E-state index contributed by atoms with van der Waals surface area (Å²) >= 11 is 1.78. The van der Waals surface area contributed by atoms with Crippen LogP contribution in [0.3, 0.4) is 0 Å². The number of hydrogen-bond donors (Lipinski definition) is 1. The molecule has 0 spiro atoms. The number of carboxylic acid groups (broad SMARTS) is 1. The van der Waals surface area contributed by atoms with Gasteiger partial charge in [0.1, 0.15) is 0 Å². The summed E-state index contributed by atoms with van der Waals surface area (Å²) in [6.07, 6.45) is 4.58. The van der Waals surface area contributed by atoms with Crippen LogP contribution in [-0.2, 0) is 16.0 Å². The van der Waals surface area contributed by atoms with E-state index in [0.717, 1.165) is 31.2 Å². The number of amides is 1. The van der Waals surface area contributed by atoms with Crippen molar-refractivity contribution in [2.45, 2.75) is 38.0 Å². The first-order valence-electron chi connectivity index (χ1n) is 9.23. The van der Waals surface area contributed by atoms with Crippen LogP contribution in [0.4, 0.5) is 0 Å². The number of unbranched alkanes of at least 4 members (excludes halogenated alkanes) is 2. The van der Waals surface area contributed by atoms with Gasteiger partial charge in [-0.25, -0.2) is 0 Å². The van der Waals surface area contributed by atoms with Gasteiger partial charge in [-0.15, -0.1) is 11.3 Å². The lowest BCUT2D eigenvalue weighted by atomic mass is 9.89. The van der Waals surface area contributed by atoms with E-state index in [1.54, 1.807) is 16.2 Å². The van der Waals surface area contributed by atoms with Crippen molar-refractivity contribution in [3.63, 3.8) is 0 Å². The molecule has 2 heterocycles. The molecule has 1 N–H and O–H groups in total. The zero-order chi connectivity index (χ0) is 18.4. The number of hydrogen-bond acceptors (Lipinski definition) is 3. The third-order valence-electron chi connectivity index (χ3n) is 5.11. The molecule has 2 aromatic rings. The van der Waals surface area contributed by atoms with Crippen molar-refractivity contribution in [2.24, 2.45) is 5.92 Å². The van der Waals surface area contributed by atoms with Crippen molar-refractivity contribution in [3.05, 3.63) is 58.3 Å². The number of carboxylic acids is 1. The van der Waals surface area contributed by atoms with Gasteiger partial charge in [0, 0.05) is 30.3 Å². The summed E-state index contributed by atoms with van der Waals surface area (Å²) in [5, 5.41) is 11.6. The van der Waals surface area contributed by atoms with Crippen molar-refractivity contribution < 1.29 is 14.7 Å². The predicted octanol–water partition coefficient (Wildman–Crippen LogP) is 4.18. The Hall–Kier alpha value is -2.14. The quantitative estimate of drug-likeness (QED) is 0.708. The zero-order valence-electron chi connectivity index (χ0n) is 14.8. The normalized spacial score (nSPS) is 19.6. The highest BCUT2D eigenvalue weighted by Crippen LogP contribution is 2.33. The van der Waals surface area contributed by atoms with E-state index in [0.29, 0.717) is 19.5 Å². The van der Waals surface area contributed by atoms with Gasteiger partial charge in [-0.1, -0.05) is 42.8 Å². The average Bonchev–Trinajstić information content (AvgIpc) is 3.32. The Labute approximate surface area is 158 Å². The molecule has 26 heavy (non-hydrogen) atoms. The zero-order valence-corrected chi connectivity index (χ0v) is 15.7. The lowest BCUT2D eigenvalue weighted by Crippen LogP contribution is -2.29. The molecule has 1 amide bonds. The standard InChI is InChI=1S/C21H25NO3S/c23-20(12-6-2-5-10-17-11-7-13-26-17)22-14-18(19(15-22)21(24)25)16-8-3-1-4-9-16/h1,3-4,7-9,11,13,18-19H,2,5-6,10,12,14-15H2,(H,24,25)/t18-,19-/m1/s1. The van der Waals surface area contributed by atoms with E-state index in [1.165, 1.54) is 4.88 Å². The smallest absolute Gasteiger partial charge is 0.308 e. The minimum Gasteiger partial charge on any atom is -0.481 e. The molecule has 1 aliphatic heterocycles. The van der Waals surface area contributed by atoms with Crippen molar-refractivity contribution in [2.75, 3.05) is 13.1 Å². The number of aliphatic carboxylic acids is 1. The Morgan fingerprint density at radius 3 is 2.54 bits per heavy atom. The van der Waals surface area contributed by atoms with Crippen LogP contribution in [0.15, 0.2) is 47.8 Å². The van der Waals surface area contributed by atoms with Gasteiger partial charge in [-0.05, 0) is 36.3 Å². The molecule has 3 rings (SSSR count). The molecule has 0 saturated carbocycles. The molecule has 0 bridgehead atoms. The van der Waals surface area contributed by atoms with Crippen molar-refractivity contribution in [1.82, 2.24) is 4.90 Å². The Bertz CT molecular complexity index is 714. The Balaban J connectivity index is 1.47. The maximum Gasteiger partial charge on any atom is 0.308 e. The molecule has 1 fully saturated rings. The van der Waals surface area contributed by atoms with Crippen LogP contribution in [0.25, 0.3) is 0 Å². The summed E-state index contributed by atoms with van der Waals surface area (Å²) in [7, 11) is 0. The molecule has 1 saturated heterocycles. The summed E-state index contributed by atoms with van der Waals surface area (Å²) in [4.78, 5) is 27.3. The topological polar surface area (TPSA) is 57.6 Å². The molecule has 2 atom stereocenters. The number of thiophene rings is 1. The minimum atomic E-state index is -0.815. The van der Waals surface area contributed by atoms with E-state index < -0.39 is 11.9 Å². The molecule has 0 unspecified atom stereocenters. The summed E-state index contributed by atoms with van der Waals surface area (Å²) in [5.74, 6) is -1.35. The highest BCUT2D eigenvalue weighted by molar-refractivity contribution is 7.09. The lowest BCUT2D eigenvalue weighted by Gasteiger charge is -2.16. The van der Waals surface area contributed by atoms with Gasteiger partial charge in [0.25, 0.3) is 0 Å². The molecule has 0 radical (unpaired) electrons. The van der Waals surface area contributed by atoms with Crippen LogP contribution < -0.4 is 0 Å². The fourth-order valence-electron chi connectivity index (χ4n) is 3.66. The number of nitrogens with zero attached hydrogens (tertiary/aromatic N) is 1. The van der Waals surface area contributed by atoms with Crippen LogP contribution in [0.1, 0.15) is 42.0 Å². The summed E-state index contributed by atoms with van der Waals surface area (Å²) < 4.78 is 0. The third kappa shape index (κ3) is 4.73. The minimum absolute atomic E-state index is 0.0887. The fourth-order valence-corrected chi connectivity index (χ4v) is 4.41. The Kier molecular flexibility index (Phi) is 6.45. The maximum atomic E-state index is 12.5. The number of carbonyl (C=O) groups excluding carboxylic acids is 1. The van der Waals surface area contributed by atoms with Crippen molar-refractivity contribution in [3.8, 4) is 0 Å². The summed E-state index contributed by atoms with van der Waals surface area (Å²) in [6.45, 7) is 0.831. The first kappa shape index (κ1) is 18.6. The second kappa shape index (κ2) is 8.99. The first-order valence-corrected chi connectivity index (χ1v) is 10.1. The van der Waals surface area contributed by atoms with E-state index >= 15 is 0 Å². The molecule has 0 aliphatic carbocycles. The molecule has 1 aromatic carbocycles. The number of likely N-dealkylation sites (tertiary alicyclic amines) is 1. The summed E-state index contributed by atoms with van der Waals surface area (Å²) in [6, 6.07) is 13.9. The molecular weight excluding hydrogens is 346 g/mol. The van der Waals surface area contributed by atoms with E-state index in [1.807, 2.05) is 30.3 Å². The number of carbonyl (C=O) groups is 2. The number of benzene rings is 1. The average molecular weight is 372 g/mol. The van der Waals surface area contributed by atoms with Gasteiger partial charge < -0.3 is 10.0 Å². The van der Waals surface area contributed by atoms with E-state index in [-0.39, 0.29) is 11.8 Å². The van der Waals surface area contributed by atoms with Gasteiger partial charge in [0.15, 0.2) is 0 Å². The number of aryl methyl sites for hydroxylation is 1. The van der Waals surface area contributed by atoms with Gasteiger partial charge in [-0.3, -0.25) is 9.59 Å². The first-order chi connectivity index (χ1) is 12.6. The molecule has 1 aromatic heterocycles. The predicted molar refractivity (Wildman–Crippen MR) is 103 cm³/mol. The maximum absolute atomic E-state index is 12.5. The highest BCUT2D eigenvalue weighted by atomic mass is 32.1. The largest absolute Gasteiger partial charge is 0.481 e. The van der Waals surface area contributed by atoms with Crippen LogP contribution in [-0.4, -0.2) is 35.0 Å². The third-order valence-corrected chi connectivity index (χ3v) is 6.05. The van der Waals surface area contributed by atoms with E-state index in [9.17, 15) is 14.7 Å². The fraction of sp³-hybridized carbons (Fsp3) is 0.429. The lowest BCUT2D eigenvalue weighted by molar-refractivity contribution is -0.141. The van der Waals surface area contributed by atoms with Gasteiger partial charge in [0.05, 0.1) is 5.92 Å². The Morgan fingerprint density at radius 2 is 1.85 bits per heavy atom. The second-order valence-corrected chi connectivity index (χ2v) is 7.93. The molecule has 5 heteroatoms. The van der Waals surface area contributed by atoms with E-state index in [2.05, 4.69) is 17.5 Å². The van der Waals surface area contributed by atoms with Gasteiger partial charge in [-0.2, -0.15) is 0 Å². The van der Waals surface area contributed by atoms with Crippen LogP contribution in [0, 0.1) is 5.92 Å². The SMILES string of the molecule is O=C(O)[C@@H]1CN(C(=O)CCCCCc2cccs2)C[C@@H]1c1ccccc1. The van der Waals surface area contributed by atoms with Gasteiger partial charge >= 0.3 is 5.97 Å². The molecular formula is C21H25NO3S. The Morgan fingerprint density at radius 1 is 1.04 bits per heavy atom. The molecule has 138 valence electrons. The molecule has 1 aliphatic rings. The monoisotopic (exact) mass is 371 g/mol. The van der Waals surface area contributed by atoms with Crippen molar-refractivity contribution in [1.29, 1.82) is 0 Å². The van der Waals surface area contributed by atoms with Gasteiger partial charge in [0.2, 0.25) is 5.91 Å². The van der Waals surface area contributed by atoms with Crippen LogP contribution in [0.5, 0.6) is 0 Å². The molecule has 4 nitrogen and oxygen atoms in total.